The molecule has 0 radical (unpaired) electrons. The minimum absolute atomic E-state index is 0.268. The van der Waals surface area contributed by atoms with Gasteiger partial charge in [-0.25, -0.2) is 0 Å². The minimum atomic E-state index is 0.268. The average Bonchev–Trinajstić information content (AvgIpc) is 2.20. The Kier molecular flexibility index (Phi) is 4.28. The van der Waals surface area contributed by atoms with Crippen LogP contribution in [0.1, 0.15) is 75.2 Å². The maximum absolute atomic E-state index is 2.75. The summed E-state index contributed by atoms with van der Waals surface area (Å²) in [6, 6.07) is 0.673. The molecule has 1 heterocycles. The number of hydrogen-bond donors (Lipinski definition) is 0. The molecule has 1 fully saturated rings. The fourth-order valence-electron chi connectivity index (χ4n) is 3.69. The molecular weight excluding hydrogens is 218 g/mol. The first-order chi connectivity index (χ1) is 7.84. The molecule has 1 rings (SSSR count). The van der Waals surface area contributed by atoms with Crippen molar-refractivity contribution in [2.24, 2.45) is 16.7 Å². The van der Waals surface area contributed by atoms with E-state index in [1.807, 2.05) is 0 Å². The standard InChI is InChI=1S/C17H35N/c1-13-14(15(2,3)4)10-11-17(8,9)12-18(13)16(5,6)7/h13-14H,10-12H2,1-9H3. The molecule has 1 nitrogen and oxygen atoms in total. The quantitative estimate of drug-likeness (QED) is 0.590. The molecule has 0 bridgehead atoms. The van der Waals surface area contributed by atoms with Crippen molar-refractivity contribution in [2.75, 3.05) is 6.54 Å². The normalized spacial score (nSPS) is 31.2. The Hall–Kier alpha value is -0.0400. The highest BCUT2D eigenvalue weighted by molar-refractivity contribution is 4.95. The van der Waals surface area contributed by atoms with Gasteiger partial charge in [-0.05, 0) is 57.3 Å². The van der Waals surface area contributed by atoms with E-state index in [4.69, 9.17) is 0 Å². The van der Waals surface area contributed by atoms with Gasteiger partial charge in [0.2, 0.25) is 0 Å². The molecule has 0 N–H and O–H groups in total. The van der Waals surface area contributed by atoms with Crippen LogP contribution in [0, 0.1) is 16.7 Å². The molecule has 1 aliphatic heterocycles. The van der Waals surface area contributed by atoms with Crippen molar-refractivity contribution >= 4 is 0 Å². The first kappa shape index (κ1) is 16.0. The van der Waals surface area contributed by atoms with Crippen LogP contribution in [0.3, 0.4) is 0 Å². The van der Waals surface area contributed by atoms with Crippen LogP contribution in [0.15, 0.2) is 0 Å². The van der Waals surface area contributed by atoms with E-state index in [-0.39, 0.29) is 5.54 Å². The summed E-state index contributed by atoms with van der Waals surface area (Å²) < 4.78 is 0. The van der Waals surface area contributed by atoms with E-state index >= 15 is 0 Å². The Morgan fingerprint density at radius 2 is 1.50 bits per heavy atom. The van der Waals surface area contributed by atoms with E-state index in [1.54, 1.807) is 0 Å². The average molecular weight is 253 g/mol. The molecule has 0 spiro atoms. The van der Waals surface area contributed by atoms with Gasteiger partial charge >= 0.3 is 0 Å². The lowest BCUT2D eigenvalue weighted by molar-refractivity contribution is 0.0190. The van der Waals surface area contributed by atoms with Gasteiger partial charge in [0, 0.05) is 18.1 Å². The Bertz CT molecular complexity index is 274. The molecule has 0 amide bonds. The summed E-state index contributed by atoms with van der Waals surface area (Å²) >= 11 is 0. The summed E-state index contributed by atoms with van der Waals surface area (Å²) in [5, 5.41) is 0. The Morgan fingerprint density at radius 3 is 1.89 bits per heavy atom. The van der Waals surface area contributed by atoms with Crippen LogP contribution in [0.25, 0.3) is 0 Å². The number of likely N-dealkylation sites (tertiary alicyclic amines) is 1. The lowest BCUT2D eigenvalue weighted by Gasteiger charge is -2.46. The first-order valence-corrected chi connectivity index (χ1v) is 7.61. The van der Waals surface area contributed by atoms with E-state index in [0.717, 1.165) is 5.92 Å². The van der Waals surface area contributed by atoms with Crippen LogP contribution in [0.5, 0.6) is 0 Å². The zero-order valence-electron chi connectivity index (χ0n) is 14.2. The van der Waals surface area contributed by atoms with E-state index < -0.39 is 0 Å². The van der Waals surface area contributed by atoms with E-state index in [1.165, 1.54) is 19.4 Å². The molecule has 1 saturated heterocycles. The first-order valence-electron chi connectivity index (χ1n) is 7.61. The smallest absolute Gasteiger partial charge is 0.0128 e. The molecule has 2 unspecified atom stereocenters. The molecular formula is C17H35N. The minimum Gasteiger partial charge on any atom is -0.295 e. The lowest BCUT2D eigenvalue weighted by atomic mass is 9.73. The SMILES string of the molecule is CC1C(C(C)(C)C)CCC(C)(C)CN1C(C)(C)C. The highest BCUT2D eigenvalue weighted by Gasteiger charge is 2.42. The van der Waals surface area contributed by atoms with Crippen molar-refractivity contribution < 1.29 is 0 Å². The number of rotatable bonds is 0. The zero-order chi connectivity index (χ0) is 14.4. The van der Waals surface area contributed by atoms with Gasteiger partial charge in [-0.3, -0.25) is 4.90 Å². The van der Waals surface area contributed by atoms with Gasteiger partial charge in [-0.15, -0.1) is 0 Å². The van der Waals surface area contributed by atoms with Gasteiger partial charge in [0.05, 0.1) is 0 Å². The predicted octanol–water partition coefficient (Wildman–Crippen LogP) is 4.96. The lowest BCUT2D eigenvalue weighted by Crippen LogP contribution is -2.53. The van der Waals surface area contributed by atoms with E-state index in [0.29, 0.717) is 16.9 Å². The summed E-state index contributed by atoms with van der Waals surface area (Å²) in [6.45, 7) is 22.9. The van der Waals surface area contributed by atoms with Crippen molar-refractivity contribution in [3.05, 3.63) is 0 Å². The Labute approximate surface area is 115 Å². The van der Waals surface area contributed by atoms with Crippen LogP contribution >= 0.6 is 0 Å². The van der Waals surface area contributed by atoms with Gasteiger partial charge in [0.15, 0.2) is 0 Å². The predicted molar refractivity (Wildman–Crippen MR) is 81.9 cm³/mol. The third-order valence-corrected chi connectivity index (χ3v) is 4.78. The van der Waals surface area contributed by atoms with E-state index in [9.17, 15) is 0 Å². The third-order valence-electron chi connectivity index (χ3n) is 4.78. The highest BCUT2D eigenvalue weighted by Crippen LogP contribution is 2.43. The molecule has 0 aromatic rings. The van der Waals surface area contributed by atoms with Crippen molar-refractivity contribution in [3.8, 4) is 0 Å². The van der Waals surface area contributed by atoms with Crippen molar-refractivity contribution in [1.29, 1.82) is 0 Å². The van der Waals surface area contributed by atoms with Crippen LogP contribution in [-0.2, 0) is 0 Å². The van der Waals surface area contributed by atoms with Crippen molar-refractivity contribution in [1.82, 2.24) is 4.90 Å². The van der Waals surface area contributed by atoms with Crippen molar-refractivity contribution in [2.45, 2.75) is 86.7 Å². The van der Waals surface area contributed by atoms with Crippen LogP contribution < -0.4 is 0 Å². The molecule has 108 valence electrons. The molecule has 0 saturated carbocycles. The van der Waals surface area contributed by atoms with Gasteiger partial charge in [0.25, 0.3) is 0 Å². The largest absolute Gasteiger partial charge is 0.295 e. The summed E-state index contributed by atoms with van der Waals surface area (Å²) in [5.74, 6) is 0.790. The summed E-state index contributed by atoms with van der Waals surface area (Å²) in [4.78, 5) is 2.75. The maximum atomic E-state index is 2.75. The molecule has 18 heavy (non-hydrogen) atoms. The van der Waals surface area contributed by atoms with Crippen LogP contribution in [0.4, 0.5) is 0 Å². The summed E-state index contributed by atoms with van der Waals surface area (Å²) in [7, 11) is 0. The monoisotopic (exact) mass is 253 g/mol. The molecule has 1 heteroatoms. The Morgan fingerprint density at radius 1 is 1.00 bits per heavy atom. The van der Waals surface area contributed by atoms with Crippen LogP contribution in [0.2, 0.25) is 0 Å². The fourth-order valence-corrected chi connectivity index (χ4v) is 3.69. The Balaban J connectivity index is 3.08. The summed E-state index contributed by atoms with van der Waals surface area (Å²) in [6.07, 6.45) is 2.72. The molecule has 1 aliphatic rings. The fraction of sp³-hybridized carbons (Fsp3) is 1.00. The topological polar surface area (TPSA) is 3.24 Å². The second-order valence-electron chi connectivity index (χ2n) is 9.21. The van der Waals surface area contributed by atoms with Gasteiger partial charge < -0.3 is 0 Å². The molecule has 0 aromatic heterocycles. The second-order valence-corrected chi connectivity index (χ2v) is 9.21. The number of nitrogens with zero attached hydrogens (tertiary/aromatic N) is 1. The van der Waals surface area contributed by atoms with Gasteiger partial charge in [-0.2, -0.15) is 0 Å². The molecule has 2 atom stereocenters. The van der Waals surface area contributed by atoms with E-state index in [2.05, 4.69) is 67.2 Å². The third kappa shape index (κ3) is 3.73. The molecule has 0 aliphatic carbocycles. The van der Waals surface area contributed by atoms with Crippen molar-refractivity contribution in [3.63, 3.8) is 0 Å². The van der Waals surface area contributed by atoms with Crippen LogP contribution in [-0.4, -0.2) is 23.0 Å². The second kappa shape index (κ2) is 4.81. The number of hydrogen-bond acceptors (Lipinski definition) is 1. The highest BCUT2D eigenvalue weighted by atomic mass is 15.2. The van der Waals surface area contributed by atoms with Gasteiger partial charge in [-0.1, -0.05) is 34.6 Å². The zero-order valence-corrected chi connectivity index (χ0v) is 14.2. The summed E-state index contributed by atoms with van der Waals surface area (Å²) in [5.41, 5.74) is 1.12. The molecule has 0 aromatic carbocycles. The maximum Gasteiger partial charge on any atom is 0.0128 e. The van der Waals surface area contributed by atoms with Gasteiger partial charge in [0.1, 0.15) is 0 Å².